The van der Waals surface area contributed by atoms with Crippen LogP contribution in [0, 0.1) is 0 Å². The average Bonchev–Trinajstić information content (AvgIpc) is 3.25. The van der Waals surface area contributed by atoms with Crippen LogP contribution in [0.25, 0.3) is 0 Å². The fourth-order valence-electron chi connectivity index (χ4n) is 6.69. The van der Waals surface area contributed by atoms with E-state index in [0.29, 0.717) is 12.6 Å². The molecule has 0 radical (unpaired) electrons. The van der Waals surface area contributed by atoms with Gasteiger partial charge >= 0.3 is 0 Å². The molecule has 0 N–H and O–H groups in total. The number of piperidine rings is 1. The van der Waals surface area contributed by atoms with Gasteiger partial charge in [-0.2, -0.15) is 0 Å². The number of hydrogen-bond donors (Lipinski definition) is 0. The Morgan fingerprint density at radius 3 is 2.49 bits per heavy atom. The Bertz CT molecular complexity index is 1330. The first kappa shape index (κ1) is 20.8. The van der Waals surface area contributed by atoms with Crippen molar-refractivity contribution in [1.82, 2.24) is 4.90 Å². The minimum Gasteiger partial charge on any atom is -0.497 e. The maximum absolute atomic E-state index is 6.78. The Hall–Kier alpha value is -3.50. The molecule has 2 heterocycles. The smallest absolute Gasteiger partial charge is 0.169 e. The number of ether oxygens (including phenoxy) is 3. The highest BCUT2D eigenvalue weighted by molar-refractivity contribution is 5.67. The number of benzene rings is 3. The second-order valence-electron chi connectivity index (χ2n) is 9.99. The zero-order chi connectivity index (χ0) is 23.4. The van der Waals surface area contributed by atoms with Crippen molar-refractivity contribution in [3.05, 3.63) is 119 Å². The summed E-state index contributed by atoms with van der Waals surface area (Å²) in [7, 11) is 1.76. The molecule has 0 aromatic heterocycles. The van der Waals surface area contributed by atoms with Crippen molar-refractivity contribution in [3.63, 3.8) is 0 Å². The highest BCUT2D eigenvalue weighted by atomic mass is 16.6. The standard InChI is InChI=1S/C31H29NO3/c1-33-27-15-13-24-25-18-23-12-14-26(34-20-22-10-6-3-7-11-22)29-28(23)31(24,30(27)35-29)16-17-32(25)19-21-8-4-2-5-9-21/h2-15,25,30H,16-20H2,1H3/t25?,30?,31-/m0/s1. The zero-order valence-electron chi connectivity index (χ0n) is 19.9. The number of rotatable bonds is 6. The largest absolute Gasteiger partial charge is 0.497 e. The molecule has 1 fully saturated rings. The normalized spacial score (nSPS) is 25.7. The summed E-state index contributed by atoms with van der Waals surface area (Å²) in [4.78, 5) is 2.65. The monoisotopic (exact) mass is 463 g/mol. The summed E-state index contributed by atoms with van der Waals surface area (Å²) in [5, 5.41) is 0. The third-order valence-corrected chi connectivity index (χ3v) is 8.25. The highest BCUT2D eigenvalue weighted by Gasteiger charge is 2.62. The molecular formula is C31H29NO3. The van der Waals surface area contributed by atoms with Gasteiger partial charge in [-0.3, -0.25) is 4.90 Å². The van der Waals surface area contributed by atoms with E-state index in [2.05, 4.69) is 71.6 Å². The predicted octanol–water partition coefficient (Wildman–Crippen LogP) is 5.57. The number of methoxy groups -OCH3 is 1. The first-order valence-corrected chi connectivity index (χ1v) is 12.5. The van der Waals surface area contributed by atoms with Crippen LogP contribution in [-0.2, 0) is 29.7 Å². The molecule has 4 nitrogen and oxygen atoms in total. The van der Waals surface area contributed by atoms with Crippen molar-refractivity contribution >= 4 is 0 Å². The quantitative estimate of drug-likeness (QED) is 0.479. The van der Waals surface area contributed by atoms with Crippen molar-refractivity contribution in [2.24, 2.45) is 0 Å². The van der Waals surface area contributed by atoms with Gasteiger partial charge in [0.25, 0.3) is 0 Å². The van der Waals surface area contributed by atoms with Crippen LogP contribution in [0.3, 0.4) is 0 Å². The third kappa shape index (κ3) is 3.09. The summed E-state index contributed by atoms with van der Waals surface area (Å²) in [6.07, 6.45) is 6.31. The Morgan fingerprint density at radius 2 is 1.71 bits per heavy atom. The lowest BCUT2D eigenvalue weighted by atomic mass is 9.57. The molecule has 2 aliphatic carbocycles. The Labute approximate surface area is 206 Å². The molecule has 2 bridgehead atoms. The van der Waals surface area contributed by atoms with E-state index in [0.717, 1.165) is 48.8 Å². The van der Waals surface area contributed by atoms with Crippen LogP contribution in [-0.4, -0.2) is 30.7 Å². The Balaban J connectivity index is 1.29. The van der Waals surface area contributed by atoms with E-state index in [1.54, 1.807) is 7.11 Å². The number of hydrogen-bond acceptors (Lipinski definition) is 4. The molecule has 4 heteroatoms. The summed E-state index contributed by atoms with van der Waals surface area (Å²) >= 11 is 0. The second kappa shape index (κ2) is 8.03. The topological polar surface area (TPSA) is 30.9 Å². The lowest BCUT2D eigenvalue weighted by Crippen LogP contribution is -2.59. The van der Waals surface area contributed by atoms with Gasteiger partial charge in [0.1, 0.15) is 12.4 Å². The van der Waals surface area contributed by atoms with Gasteiger partial charge in [0, 0.05) is 24.7 Å². The van der Waals surface area contributed by atoms with Gasteiger partial charge in [-0.25, -0.2) is 0 Å². The van der Waals surface area contributed by atoms with E-state index in [1.807, 2.05) is 18.2 Å². The molecule has 7 rings (SSSR count). The lowest BCUT2D eigenvalue weighted by molar-refractivity contribution is 0.0610. The van der Waals surface area contributed by atoms with Gasteiger partial charge in [0.15, 0.2) is 17.6 Å². The summed E-state index contributed by atoms with van der Waals surface area (Å²) in [5.41, 5.74) is 6.52. The molecule has 2 aliphatic heterocycles. The fraction of sp³-hybridized carbons (Fsp3) is 0.290. The molecule has 3 aromatic carbocycles. The van der Waals surface area contributed by atoms with Crippen LogP contribution in [0.2, 0.25) is 0 Å². The first-order valence-electron chi connectivity index (χ1n) is 12.5. The summed E-state index contributed by atoms with van der Waals surface area (Å²) in [6, 6.07) is 25.9. The minimum absolute atomic E-state index is 0.135. The molecule has 1 spiro atoms. The molecule has 0 saturated carbocycles. The van der Waals surface area contributed by atoms with Crippen LogP contribution in [0.15, 0.2) is 96.3 Å². The maximum Gasteiger partial charge on any atom is 0.169 e. The van der Waals surface area contributed by atoms with E-state index in [-0.39, 0.29) is 11.5 Å². The predicted molar refractivity (Wildman–Crippen MR) is 135 cm³/mol. The highest BCUT2D eigenvalue weighted by Crippen LogP contribution is 2.62. The summed E-state index contributed by atoms with van der Waals surface area (Å²) in [6.45, 7) is 2.52. The number of nitrogens with zero attached hydrogens (tertiary/aromatic N) is 1. The van der Waals surface area contributed by atoms with Gasteiger partial charge in [0.05, 0.1) is 12.5 Å². The van der Waals surface area contributed by atoms with Gasteiger partial charge in [0.2, 0.25) is 0 Å². The molecule has 176 valence electrons. The van der Waals surface area contributed by atoms with Crippen LogP contribution in [0.5, 0.6) is 11.5 Å². The number of allylic oxidation sites excluding steroid dienone is 2. The molecule has 4 aliphatic rings. The summed E-state index contributed by atoms with van der Waals surface area (Å²) in [5.74, 6) is 2.65. The van der Waals surface area contributed by atoms with Crippen LogP contribution in [0.1, 0.15) is 28.7 Å². The fourth-order valence-corrected chi connectivity index (χ4v) is 6.69. The van der Waals surface area contributed by atoms with Crippen molar-refractivity contribution < 1.29 is 14.2 Å². The SMILES string of the molecule is COC1=CC=C2C3Cc4ccc(OCc5ccccc5)c5c4[C@@]2(CCN3Cc2ccccc2)C1O5. The third-order valence-electron chi connectivity index (χ3n) is 8.25. The van der Waals surface area contributed by atoms with E-state index in [4.69, 9.17) is 14.2 Å². The molecule has 3 aromatic rings. The molecule has 3 atom stereocenters. The molecular weight excluding hydrogens is 434 g/mol. The molecule has 1 saturated heterocycles. The van der Waals surface area contributed by atoms with Gasteiger partial charge in [-0.1, -0.05) is 72.8 Å². The van der Waals surface area contributed by atoms with Crippen molar-refractivity contribution in [2.45, 2.75) is 43.6 Å². The summed E-state index contributed by atoms with van der Waals surface area (Å²) < 4.78 is 19.0. The number of likely N-dealkylation sites (tertiary alicyclic amines) is 1. The van der Waals surface area contributed by atoms with E-state index in [9.17, 15) is 0 Å². The maximum atomic E-state index is 6.78. The van der Waals surface area contributed by atoms with Crippen LogP contribution in [0.4, 0.5) is 0 Å². The molecule has 35 heavy (non-hydrogen) atoms. The minimum atomic E-state index is -0.174. The second-order valence-corrected chi connectivity index (χ2v) is 9.99. The van der Waals surface area contributed by atoms with Crippen LogP contribution < -0.4 is 9.47 Å². The first-order chi connectivity index (χ1) is 17.3. The van der Waals surface area contributed by atoms with Gasteiger partial charge in [-0.05, 0) is 47.2 Å². The van der Waals surface area contributed by atoms with Crippen molar-refractivity contribution in [1.29, 1.82) is 0 Å². The molecule has 2 unspecified atom stereocenters. The Kier molecular flexibility index (Phi) is 4.78. The van der Waals surface area contributed by atoms with E-state index < -0.39 is 0 Å². The van der Waals surface area contributed by atoms with Crippen LogP contribution >= 0.6 is 0 Å². The van der Waals surface area contributed by atoms with Crippen molar-refractivity contribution in [3.8, 4) is 11.5 Å². The molecule has 0 amide bonds. The Morgan fingerprint density at radius 1 is 0.943 bits per heavy atom. The van der Waals surface area contributed by atoms with Gasteiger partial charge in [-0.15, -0.1) is 0 Å². The zero-order valence-corrected chi connectivity index (χ0v) is 19.9. The van der Waals surface area contributed by atoms with E-state index in [1.165, 1.54) is 22.3 Å². The van der Waals surface area contributed by atoms with E-state index >= 15 is 0 Å². The van der Waals surface area contributed by atoms with Gasteiger partial charge < -0.3 is 14.2 Å². The lowest BCUT2D eigenvalue weighted by Gasteiger charge is -2.53. The van der Waals surface area contributed by atoms with Crippen molar-refractivity contribution in [2.75, 3.05) is 13.7 Å². The average molecular weight is 464 g/mol.